The molecule has 30 heavy (non-hydrogen) atoms. The minimum Gasteiger partial charge on any atom is -0.0823 e. The van der Waals surface area contributed by atoms with E-state index in [-0.39, 0.29) is 9.65 Å². The van der Waals surface area contributed by atoms with E-state index < -0.39 is 0 Å². The smallest absolute Gasteiger partial charge is 0.0567 e. The van der Waals surface area contributed by atoms with Crippen LogP contribution in [0.25, 0.3) is 43.8 Å². The summed E-state index contributed by atoms with van der Waals surface area (Å²) in [6.07, 6.45) is 0. The monoisotopic (exact) mass is 512 g/mol. The van der Waals surface area contributed by atoms with Crippen molar-refractivity contribution in [1.29, 1.82) is 0 Å². The zero-order chi connectivity index (χ0) is 20.2. The Morgan fingerprint density at radius 3 is 1.17 bits per heavy atom. The van der Waals surface area contributed by atoms with E-state index in [0.29, 0.717) is 0 Å². The van der Waals surface area contributed by atoms with Gasteiger partial charge in [0.25, 0.3) is 0 Å². The van der Waals surface area contributed by atoms with E-state index in [1.807, 2.05) is 0 Å². The Balaban J connectivity index is 1.94. The predicted molar refractivity (Wildman–Crippen MR) is 136 cm³/mol. The first-order valence-electron chi connectivity index (χ1n) is 10.2. The molecule has 0 fully saturated rings. The molecular weight excluding hydrogens is 496 g/mol. The second-order valence-corrected chi connectivity index (χ2v) is 9.79. The summed E-state index contributed by atoms with van der Waals surface area (Å²) < 4.78 is 0. The molecule has 0 saturated heterocycles. The SMILES string of the molecule is BrC1c2ccccc2-c2c(c3ccccc3c3ccccc23)-c2ccccc2C1Br. The molecule has 1 aliphatic rings. The molecule has 1 aliphatic carbocycles. The molecule has 0 aromatic heterocycles. The second-order valence-electron chi connectivity index (χ2n) is 7.82. The van der Waals surface area contributed by atoms with Gasteiger partial charge in [0.1, 0.15) is 0 Å². The number of alkyl halides is 2. The molecular formula is C28H18Br2. The maximum Gasteiger partial charge on any atom is 0.0567 e. The van der Waals surface area contributed by atoms with E-state index in [1.165, 1.54) is 54.9 Å². The van der Waals surface area contributed by atoms with Crippen molar-refractivity contribution in [2.45, 2.75) is 9.65 Å². The Morgan fingerprint density at radius 1 is 0.400 bits per heavy atom. The van der Waals surface area contributed by atoms with Crippen molar-refractivity contribution in [3.63, 3.8) is 0 Å². The van der Waals surface area contributed by atoms with E-state index in [1.54, 1.807) is 0 Å². The van der Waals surface area contributed by atoms with E-state index >= 15 is 0 Å². The maximum atomic E-state index is 4.03. The van der Waals surface area contributed by atoms with Gasteiger partial charge in [0, 0.05) is 0 Å². The summed E-state index contributed by atoms with van der Waals surface area (Å²) in [6, 6.07) is 35.3. The lowest BCUT2D eigenvalue weighted by atomic mass is 9.79. The van der Waals surface area contributed by atoms with Gasteiger partial charge in [-0.3, -0.25) is 0 Å². The Morgan fingerprint density at radius 2 is 0.733 bits per heavy atom. The highest BCUT2D eigenvalue weighted by molar-refractivity contribution is 9.12. The van der Waals surface area contributed by atoms with Crippen LogP contribution in [-0.4, -0.2) is 0 Å². The standard InChI is InChI=1S/C28H18Br2/c29-27-23-15-7-5-13-21(23)25-19-11-3-1-9-17(19)18-10-2-4-12-20(18)26(25)22-14-6-8-16-24(22)28(27)30/h1-16,27-28H. The van der Waals surface area contributed by atoms with E-state index in [2.05, 4.69) is 129 Å². The molecule has 0 heterocycles. The fraction of sp³-hybridized carbons (Fsp3) is 0.0714. The molecule has 0 aliphatic heterocycles. The lowest BCUT2D eigenvalue weighted by Gasteiger charge is -2.29. The topological polar surface area (TPSA) is 0 Å². The van der Waals surface area contributed by atoms with Crippen LogP contribution in [0.1, 0.15) is 20.8 Å². The lowest BCUT2D eigenvalue weighted by molar-refractivity contribution is 0.939. The van der Waals surface area contributed by atoms with Crippen molar-refractivity contribution in [2.24, 2.45) is 0 Å². The van der Waals surface area contributed by atoms with Gasteiger partial charge in [0.05, 0.1) is 9.65 Å². The first-order chi connectivity index (χ1) is 14.8. The Hall–Kier alpha value is -2.42. The average molecular weight is 514 g/mol. The number of benzene rings is 5. The molecule has 0 amide bonds. The summed E-state index contributed by atoms with van der Waals surface area (Å²) in [6.45, 7) is 0. The van der Waals surface area contributed by atoms with Crippen molar-refractivity contribution in [3.8, 4) is 22.3 Å². The zero-order valence-corrected chi connectivity index (χ0v) is 19.3. The molecule has 5 aromatic rings. The molecule has 0 N–H and O–H groups in total. The largest absolute Gasteiger partial charge is 0.0823 e. The molecule has 0 radical (unpaired) electrons. The second kappa shape index (κ2) is 7.08. The highest BCUT2D eigenvalue weighted by atomic mass is 79.9. The van der Waals surface area contributed by atoms with Gasteiger partial charge >= 0.3 is 0 Å². The summed E-state index contributed by atoms with van der Waals surface area (Å²) in [5.74, 6) is 0. The molecule has 0 bridgehead atoms. The number of halogens is 2. The minimum atomic E-state index is 0.174. The fourth-order valence-corrected chi connectivity index (χ4v) is 6.31. The van der Waals surface area contributed by atoms with Crippen LogP contribution in [0.2, 0.25) is 0 Å². The predicted octanol–water partition coefficient (Wildman–Crippen LogP) is 9.21. The molecule has 2 heteroatoms. The van der Waals surface area contributed by atoms with Gasteiger partial charge in [-0.05, 0) is 54.9 Å². The number of hydrogen-bond acceptors (Lipinski definition) is 0. The Labute approximate surface area is 192 Å². The highest BCUT2D eigenvalue weighted by Gasteiger charge is 2.30. The van der Waals surface area contributed by atoms with Gasteiger partial charge in [-0.15, -0.1) is 0 Å². The first kappa shape index (κ1) is 18.4. The zero-order valence-electron chi connectivity index (χ0n) is 16.1. The Kier molecular flexibility index (Phi) is 4.33. The van der Waals surface area contributed by atoms with Crippen molar-refractivity contribution >= 4 is 53.4 Å². The molecule has 0 saturated carbocycles. The quantitative estimate of drug-likeness (QED) is 0.143. The highest BCUT2D eigenvalue weighted by Crippen LogP contribution is 2.54. The van der Waals surface area contributed by atoms with E-state index in [9.17, 15) is 0 Å². The average Bonchev–Trinajstić information content (AvgIpc) is 2.82. The lowest BCUT2D eigenvalue weighted by Crippen LogP contribution is -2.07. The first-order valence-corrected chi connectivity index (χ1v) is 12.0. The summed E-state index contributed by atoms with van der Waals surface area (Å²) in [5.41, 5.74) is 7.89. The van der Waals surface area contributed by atoms with Gasteiger partial charge in [-0.1, -0.05) is 129 Å². The molecule has 2 atom stereocenters. The van der Waals surface area contributed by atoms with Crippen LogP contribution in [0, 0.1) is 0 Å². The molecule has 0 nitrogen and oxygen atoms in total. The third kappa shape index (κ3) is 2.57. The van der Waals surface area contributed by atoms with Crippen LogP contribution in [0.3, 0.4) is 0 Å². The van der Waals surface area contributed by atoms with E-state index in [0.717, 1.165) is 0 Å². The van der Waals surface area contributed by atoms with Crippen LogP contribution in [0.5, 0.6) is 0 Å². The number of hydrogen-bond donors (Lipinski definition) is 0. The fourth-order valence-electron chi connectivity index (χ4n) is 4.95. The van der Waals surface area contributed by atoms with E-state index in [4.69, 9.17) is 0 Å². The number of rotatable bonds is 0. The summed E-state index contributed by atoms with van der Waals surface area (Å²) in [5, 5.41) is 5.23. The number of fused-ring (bicyclic) bond motifs is 10. The van der Waals surface area contributed by atoms with Crippen LogP contribution in [-0.2, 0) is 0 Å². The van der Waals surface area contributed by atoms with Gasteiger partial charge in [-0.2, -0.15) is 0 Å². The third-order valence-corrected chi connectivity index (χ3v) is 9.00. The van der Waals surface area contributed by atoms with Gasteiger partial charge < -0.3 is 0 Å². The minimum absolute atomic E-state index is 0.174. The molecule has 144 valence electrons. The Bertz CT molecular complexity index is 1320. The molecule has 6 rings (SSSR count). The van der Waals surface area contributed by atoms with Crippen LogP contribution in [0.15, 0.2) is 97.1 Å². The van der Waals surface area contributed by atoms with Gasteiger partial charge in [-0.25, -0.2) is 0 Å². The molecule has 2 unspecified atom stereocenters. The summed E-state index contributed by atoms with van der Waals surface area (Å²) >= 11 is 8.05. The summed E-state index contributed by atoms with van der Waals surface area (Å²) in [7, 11) is 0. The molecule has 0 spiro atoms. The maximum absolute atomic E-state index is 4.03. The van der Waals surface area contributed by atoms with Crippen molar-refractivity contribution in [3.05, 3.63) is 108 Å². The van der Waals surface area contributed by atoms with Crippen LogP contribution >= 0.6 is 31.9 Å². The van der Waals surface area contributed by atoms with Crippen molar-refractivity contribution in [2.75, 3.05) is 0 Å². The van der Waals surface area contributed by atoms with Crippen LogP contribution < -0.4 is 0 Å². The van der Waals surface area contributed by atoms with Crippen molar-refractivity contribution < 1.29 is 0 Å². The van der Waals surface area contributed by atoms with Crippen molar-refractivity contribution in [1.82, 2.24) is 0 Å². The van der Waals surface area contributed by atoms with Gasteiger partial charge in [0.15, 0.2) is 0 Å². The van der Waals surface area contributed by atoms with Crippen LogP contribution in [0.4, 0.5) is 0 Å². The molecule has 5 aromatic carbocycles. The normalized spacial score (nSPS) is 17.7. The third-order valence-electron chi connectivity index (χ3n) is 6.24. The van der Waals surface area contributed by atoms with Gasteiger partial charge in [0.2, 0.25) is 0 Å². The summed E-state index contributed by atoms with van der Waals surface area (Å²) in [4.78, 5) is 0.349.